The smallest absolute Gasteiger partial charge is 0.128 e. The van der Waals surface area contributed by atoms with Crippen LogP contribution in [0, 0.1) is 17.2 Å². The molecule has 5 nitrogen and oxygen atoms in total. The highest BCUT2D eigenvalue weighted by Gasteiger charge is 2.15. The Kier molecular flexibility index (Phi) is 4.40. The Morgan fingerprint density at radius 3 is 2.95 bits per heavy atom. The molecule has 3 rings (SSSR count). The van der Waals surface area contributed by atoms with Crippen LogP contribution in [-0.4, -0.2) is 30.1 Å². The Labute approximate surface area is 130 Å². The lowest BCUT2D eigenvalue weighted by atomic mass is 10.0. The number of nitrogens with zero attached hydrogens (tertiary/aromatic N) is 3. The SMILES string of the molecule is COc1cc(C#N)ccc1-c1cnn(CC2CCOCC2)c1. The maximum Gasteiger partial charge on any atom is 0.128 e. The molecule has 0 saturated carbocycles. The van der Waals surface area contributed by atoms with E-state index < -0.39 is 0 Å². The van der Waals surface area contributed by atoms with Crippen molar-refractivity contribution in [1.82, 2.24) is 9.78 Å². The van der Waals surface area contributed by atoms with Gasteiger partial charge in [0.15, 0.2) is 0 Å². The Morgan fingerprint density at radius 2 is 2.23 bits per heavy atom. The zero-order chi connectivity index (χ0) is 15.4. The summed E-state index contributed by atoms with van der Waals surface area (Å²) in [5, 5.41) is 13.4. The summed E-state index contributed by atoms with van der Waals surface area (Å²) < 4.78 is 12.8. The first kappa shape index (κ1) is 14.6. The number of aromatic nitrogens is 2. The lowest BCUT2D eigenvalue weighted by Gasteiger charge is -2.21. The molecule has 2 heterocycles. The van der Waals surface area contributed by atoms with Crippen molar-refractivity contribution in [2.75, 3.05) is 20.3 Å². The van der Waals surface area contributed by atoms with Crippen molar-refractivity contribution in [1.29, 1.82) is 5.26 Å². The molecule has 5 heteroatoms. The molecule has 0 spiro atoms. The number of hydrogen-bond acceptors (Lipinski definition) is 4. The second-order valence-corrected chi connectivity index (χ2v) is 5.53. The van der Waals surface area contributed by atoms with E-state index in [0.717, 1.165) is 43.7 Å². The highest BCUT2D eigenvalue weighted by Crippen LogP contribution is 2.30. The highest BCUT2D eigenvalue weighted by molar-refractivity contribution is 5.70. The molecule has 114 valence electrons. The molecular formula is C17H19N3O2. The van der Waals surface area contributed by atoms with Gasteiger partial charge in [0.1, 0.15) is 5.75 Å². The van der Waals surface area contributed by atoms with Crippen LogP contribution in [0.4, 0.5) is 0 Å². The quantitative estimate of drug-likeness (QED) is 0.870. The number of ether oxygens (including phenoxy) is 2. The van der Waals surface area contributed by atoms with Gasteiger partial charge >= 0.3 is 0 Å². The molecule has 1 aromatic carbocycles. The van der Waals surface area contributed by atoms with Gasteiger partial charge in [-0.3, -0.25) is 4.68 Å². The molecule has 1 fully saturated rings. The van der Waals surface area contributed by atoms with E-state index in [1.807, 2.05) is 23.1 Å². The highest BCUT2D eigenvalue weighted by atomic mass is 16.5. The number of nitriles is 1. The summed E-state index contributed by atoms with van der Waals surface area (Å²) in [7, 11) is 1.62. The first-order chi connectivity index (χ1) is 10.8. The van der Waals surface area contributed by atoms with Crippen LogP contribution in [0.2, 0.25) is 0 Å². The fourth-order valence-electron chi connectivity index (χ4n) is 2.80. The summed E-state index contributed by atoms with van der Waals surface area (Å²) in [6, 6.07) is 7.59. The Balaban J connectivity index is 1.80. The van der Waals surface area contributed by atoms with E-state index in [2.05, 4.69) is 11.2 Å². The second-order valence-electron chi connectivity index (χ2n) is 5.53. The van der Waals surface area contributed by atoms with Crippen molar-refractivity contribution in [3.8, 4) is 22.9 Å². The van der Waals surface area contributed by atoms with Crippen LogP contribution in [0.1, 0.15) is 18.4 Å². The van der Waals surface area contributed by atoms with Crippen LogP contribution in [0.25, 0.3) is 11.1 Å². The van der Waals surface area contributed by atoms with Gasteiger partial charge in [0.05, 0.1) is 24.9 Å². The third kappa shape index (κ3) is 3.12. The summed E-state index contributed by atoms with van der Waals surface area (Å²) in [5.74, 6) is 1.33. The Bertz CT molecular complexity index is 681. The zero-order valence-corrected chi connectivity index (χ0v) is 12.7. The van der Waals surface area contributed by atoms with Gasteiger partial charge in [0.2, 0.25) is 0 Å². The molecule has 0 atom stereocenters. The van der Waals surface area contributed by atoms with Gasteiger partial charge in [-0.05, 0) is 37.0 Å². The largest absolute Gasteiger partial charge is 0.496 e. The standard InChI is InChI=1S/C17H19N3O2/c1-21-17-8-14(9-18)2-3-16(17)15-10-19-20(12-15)11-13-4-6-22-7-5-13/h2-3,8,10,12-13H,4-7,11H2,1H3. The van der Waals surface area contributed by atoms with Gasteiger partial charge in [-0.2, -0.15) is 10.4 Å². The fraction of sp³-hybridized carbons (Fsp3) is 0.412. The van der Waals surface area contributed by atoms with Crippen molar-refractivity contribution in [3.05, 3.63) is 36.2 Å². The zero-order valence-electron chi connectivity index (χ0n) is 12.7. The lowest BCUT2D eigenvalue weighted by molar-refractivity contribution is 0.0601. The van der Waals surface area contributed by atoms with Gasteiger partial charge in [0, 0.05) is 37.1 Å². The summed E-state index contributed by atoms with van der Waals surface area (Å²) in [4.78, 5) is 0. The van der Waals surface area contributed by atoms with Gasteiger partial charge < -0.3 is 9.47 Å². The minimum Gasteiger partial charge on any atom is -0.496 e. The van der Waals surface area contributed by atoms with Crippen LogP contribution in [0.3, 0.4) is 0 Å². The van der Waals surface area contributed by atoms with E-state index >= 15 is 0 Å². The number of hydrogen-bond donors (Lipinski definition) is 0. The Morgan fingerprint density at radius 1 is 1.41 bits per heavy atom. The molecule has 0 bridgehead atoms. The van der Waals surface area contributed by atoms with Gasteiger partial charge in [-0.1, -0.05) is 0 Å². The van der Waals surface area contributed by atoms with Crippen molar-refractivity contribution >= 4 is 0 Å². The molecule has 0 unspecified atom stereocenters. The summed E-state index contributed by atoms with van der Waals surface area (Å²) >= 11 is 0. The third-order valence-corrected chi connectivity index (χ3v) is 4.06. The van der Waals surface area contributed by atoms with E-state index in [0.29, 0.717) is 17.2 Å². The molecule has 0 aliphatic carbocycles. The van der Waals surface area contributed by atoms with Crippen molar-refractivity contribution in [2.45, 2.75) is 19.4 Å². The molecule has 1 aromatic heterocycles. The van der Waals surface area contributed by atoms with Gasteiger partial charge in [-0.15, -0.1) is 0 Å². The van der Waals surface area contributed by atoms with Crippen LogP contribution in [-0.2, 0) is 11.3 Å². The molecule has 0 N–H and O–H groups in total. The maximum absolute atomic E-state index is 8.97. The first-order valence-electron chi connectivity index (χ1n) is 7.49. The monoisotopic (exact) mass is 297 g/mol. The number of methoxy groups -OCH3 is 1. The minimum atomic E-state index is 0.593. The number of rotatable bonds is 4. The van der Waals surface area contributed by atoms with Crippen LogP contribution in [0.5, 0.6) is 5.75 Å². The molecule has 1 aliphatic heterocycles. The molecule has 0 radical (unpaired) electrons. The van der Waals surface area contributed by atoms with E-state index in [1.54, 1.807) is 19.2 Å². The van der Waals surface area contributed by atoms with Gasteiger partial charge in [0.25, 0.3) is 0 Å². The van der Waals surface area contributed by atoms with E-state index in [1.165, 1.54) is 0 Å². The molecule has 22 heavy (non-hydrogen) atoms. The second kappa shape index (κ2) is 6.63. The summed E-state index contributed by atoms with van der Waals surface area (Å²) in [6.07, 6.45) is 6.08. The topological polar surface area (TPSA) is 60.1 Å². The van der Waals surface area contributed by atoms with Crippen LogP contribution < -0.4 is 4.74 Å². The Hall–Kier alpha value is -2.32. The molecule has 2 aromatic rings. The predicted octanol–water partition coefficient (Wildman–Crippen LogP) is 2.86. The predicted molar refractivity (Wildman–Crippen MR) is 82.5 cm³/mol. The summed E-state index contributed by atoms with van der Waals surface area (Å²) in [6.45, 7) is 2.62. The van der Waals surface area contributed by atoms with E-state index in [9.17, 15) is 0 Å². The molecular weight excluding hydrogens is 278 g/mol. The van der Waals surface area contributed by atoms with Crippen molar-refractivity contribution < 1.29 is 9.47 Å². The number of benzene rings is 1. The normalized spacial score (nSPS) is 15.5. The molecule has 1 saturated heterocycles. The maximum atomic E-state index is 8.97. The van der Waals surface area contributed by atoms with Crippen molar-refractivity contribution in [2.24, 2.45) is 5.92 Å². The average Bonchev–Trinajstić information content (AvgIpc) is 3.03. The van der Waals surface area contributed by atoms with Crippen molar-refractivity contribution in [3.63, 3.8) is 0 Å². The van der Waals surface area contributed by atoms with Crippen LogP contribution >= 0.6 is 0 Å². The van der Waals surface area contributed by atoms with Gasteiger partial charge in [-0.25, -0.2) is 0 Å². The molecule has 0 amide bonds. The van der Waals surface area contributed by atoms with Crippen LogP contribution in [0.15, 0.2) is 30.6 Å². The average molecular weight is 297 g/mol. The molecule has 1 aliphatic rings. The summed E-state index contributed by atoms with van der Waals surface area (Å²) in [5.41, 5.74) is 2.56. The third-order valence-electron chi connectivity index (χ3n) is 4.06. The minimum absolute atomic E-state index is 0.593. The first-order valence-corrected chi connectivity index (χ1v) is 7.49. The lowest BCUT2D eigenvalue weighted by Crippen LogP contribution is -2.20. The fourth-order valence-corrected chi connectivity index (χ4v) is 2.80. The van der Waals surface area contributed by atoms with E-state index in [-0.39, 0.29) is 0 Å². The van der Waals surface area contributed by atoms with E-state index in [4.69, 9.17) is 14.7 Å².